The van der Waals surface area contributed by atoms with Crippen molar-refractivity contribution in [3.8, 4) is 0 Å². The first kappa shape index (κ1) is 20.1. The zero-order valence-electron chi connectivity index (χ0n) is 15.0. The Hall–Kier alpha value is -3.15. The van der Waals surface area contributed by atoms with E-state index < -0.39 is 74.8 Å². The number of sulfone groups is 1. The molecule has 0 fully saturated rings. The third-order valence-corrected chi connectivity index (χ3v) is 6.65. The normalized spacial score (nSPS) is 19.1. The number of nitrogens with one attached hydrogen (secondary N) is 2. The molecule has 2 aliphatic heterocycles. The van der Waals surface area contributed by atoms with Gasteiger partial charge in [-0.15, -0.1) is 0 Å². The largest absolute Gasteiger partial charge is 0.347 e. The summed E-state index contributed by atoms with van der Waals surface area (Å²) in [4.78, 5) is 24.9. The van der Waals surface area contributed by atoms with E-state index in [1.165, 1.54) is 6.07 Å². The number of carbonyl (C=O) groups is 2. The Kier molecular flexibility index (Phi) is 4.68. The summed E-state index contributed by atoms with van der Waals surface area (Å²) in [5.41, 5.74) is -0.459. The van der Waals surface area contributed by atoms with Crippen LogP contribution in [-0.2, 0) is 21.2 Å². The van der Waals surface area contributed by atoms with Crippen molar-refractivity contribution in [3.63, 3.8) is 0 Å². The molecular weight excluding hydrogens is 430 g/mol. The Labute approximate surface area is 167 Å². The van der Waals surface area contributed by atoms with Crippen LogP contribution < -0.4 is 10.6 Å². The van der Waals surface area contributed by atoms with E-state index in [0.29, 0.717) is 12.1 Å². The number of hydrogen-bond acceptors (Lipinski definition) is 4. The molecular formula is C18H13F4N3O4S. The molecule has 2 heterocycles. The summed E-state index contributed by atoms with van der Waals surface area (Å²) in [6, 6.07) is 1.18. The molecule has 158 valence electrons. The lowest BCUT2D eigenvalue weighted by Crippen LogP contribution is -2.46. The molecule has 12 heteroatoms. The van der Waals surface area contributed by atoms with Gasteiger partial charge in [-0.2, -0.15) is 0 Å². The molecule has 0 unspecified atom stereocenters. The summed E-state index contributed by atoms with van der Waals surface area (Å²) < 4.78 is 79.3. The molecule has 7 nitrogen and oxygen atoms in total. The van der Waals surface area contributed by atoms with Crippen LogP contribution in [-0.4, -0.2) is 37.6 Å². The molecule has 0 bridgehead atoms. The highest BCUT2D eigenvalue weighted by atomic mass is 32.2. The molecule has 2 aliphatic rings. The number of amides is 3. The maximum atomic E-state index is 14.2. The predicted octanol–water partition coefficient (Wildman–Crippen LogP) is 2.24. The number of fused-ring (bicyclic) bond motifs is 2. The lowest BCUT2D eigenvalue weighted by Gasteiger charge is -2.29. The van der Waals surface area contributed by atoms with E-state index in [4.69, 9.17) is 0 Å². The second-order valence-electron chi connectivity index (χ2n) is 6.87. The maximum Gasteiger partial charge on any atom is 0.322 e. The molecule has 2 aromatic rings. The van der Waals surface area contributed by atoms with Gasteiger partial charge in [0.15, 0.2) is 21.5 Å². The van der Waals surface area contributed by atoms with E-state index >= 15 is 0 Å². The Balaban J connectivity index is 1.53. The number of nitrogens with zero attached hydrogens (tertiary/aromatic N) is 1. The predicted molar refractivity (Wildman–Crippen MR) is 95.1 cm³/mol. The Bertz CT molecular complexity index is 1200. The zero-order valence-corrected chi connectivity index (χ0v) is 15.8. The van der Waals surface area contributed by atoms with E-state index in [9.17, 15) is 35.6 Å². The number of urea groups is 1. The molecule has 30 heavy (non-hydrogen) atoms. The number of anilines is 1. The topological polar surface area (TPSA) is 95.6 Å². The molecule has 1 atom stereocenters. The fraction of sp³-hybridized carbons (Fsp3) is 0.222. The first-order valence-corrected chi connectivity index (χ1v) is 10.3. The minimum atomic E-state index is -4.02. The maximum absolute atomic E-state index is 14.2. The molecule has 2 N–H and O–H groups in total. The highest BCUT2D eigenvalue weighted by Gasteiger charge is 2.39. The summed E-state index contributed by atoms with van der Waals surface area (Å²) in [7, 11) is -4.02. The standard InChI is InChI=1S/C18H13F4N3O4S/c19-8-3-11(21)16-13(7-30(28,29)14(16)4-8)23-15(26)6-25-5-9-12(24-18(25)27)2-1-10(20)17(9)22/h1-4,13H,5-7H2,(H,23,26)(H,24,27)/t13-/m1/s1. The lowest BCUT2D eigenvalue weighted by molar-refractivity contribution is -0.122. The van der Waals surface area contributed by atoms with Gasteiger partial charge in [-0.1, -0.05) is 0 Å². The molecule has 2 aromatic carbocycles. The van der Waals surface area contributed by atoms with Crippen LogP contribution in [0.5, 0.6) is 0 Å². The highest BCUT2D eigenvalue weighted by molar-refractivity contribution is 7.91. The molecule has 0 saturated heterocycles. The minimum Gasteiger partial charge on any atom is -0.347 e. The molecule has 0 spiro atoms. The SMILES string of the molecule is O=C(CN1Cc2c(ccc(F)c2F)NC1=O)N[C@@H]1CS(=O)(=O)c2cc(F)cc(F)c21. The van der Waals surface area contributed by atoms with Gasteiger partial charge in [-0.3, -0.25) is 4.79 Å². The average molecular weight is 443 g/mol. The molecule has 0 aliphatic carbocycles. The summed E-state index contributed by atoms with van der Waals surface area (Å²) in [6.07, 6.45) is 0. The third kappa shape index (κ3) is 3.36. The lowest BCUT2D eigenvalue weighted by atomic mass is 10.1. The summed E-state index contributed by atoms with van der Waals surface area (Å²) in [5, 5.41) is 4.62. The molecule has 0 saturated carbocycles. The first-order chi connectivity index (χ1) is 14.1. The Morgan fingerprint density at radius 1 is 1.17 bits per heavy atom. The Morgan fingerprint density at radius 2 is 1.90 bits per heavy atom. The van der Waals surface area contributed by atoms with Gasteiger partial charge in [0.2, 0.25) is 5.91 Å². The zero-order chi connectivity index (χ0) is 21.8. The number of carbonyl (C=O) groups excluding carboxylic acids is 2. The molecule has 4 rings (SSSR count). The number of halogens is 4. The van der Waals surface area contributed by atoms with Gasteiger partial charge < -0.3 is 15.5 Å². The van der Waals surface area contributed by atoms with E-state index in [1.807, 2.05) is 0 Å². The van der Waals surface area contributed by atoms with Crippen molar-refractivity contribution in [2.75, 3.05) is 17.6 Å². The minimum absolute atomic E-state index is 0.0652. The fourth-order valence-electron chi connectivity index (χ4n) is 3.53. The van der Waals surface area contributed by atoms with Crippen molar-refractivity contribution < 1.29 is 35.6 Å². The van der Waals surface area contributed by atoms with Gasteiger partial charge in [0, 0.05) is 17.2 Å². The second-order valence-corrected chi connectivity index (χ2v) is 8.88. The van der Waals surface area contributed by atoms with Crippen molar-refractivity contribution in [2.24, 2.45) is 0 Å². The van der Waals surface area contributed by atoms with Crippen LogP contribution in [0.2, 0.25) is 0 Å². The van der Waals surface area contributed by atoms with Crippen LogP contribution in [0, 0.1) is 23.3 Å². The quantitative estimate of drug-likeness (QED) is 0.712. The van der Waals surface area contributed by atoms with Gasteiger partial charge in [-0.25, -0.2) is 30.8 Å². The van der Waals surface area contributed by atoms with Crippen LogP contribution in [0.25, 0.3) is 0 Å². The van der Waals surface area contributed by atoms with Gasteiger partial charge in [0.25, 0.3) is 0 Å². The van der Waals surface area contributed by atoms with Gasteiger partial charge in [0.05, 0.1) is 28.9 Å². The van der Waals surface area contributed by atoms with Gasteiger partial charge in [0.1, 0.15) is 18.2 Å². The van der Waals surface area contributed by atoms with Crippen molar-refractivity contribution in [2.45, 2.75) is 17.5 Å². The van der Waals surface area contributed by atoms with Gasteiger partial charge in [-0.05, 0) is 18.2 Å². The van der Waals surface area contributed by atoms with Crippen LogP contribution in [0.3, 0.4) is 0 Å². The summed E-state index contributed by atoms with van der Waals surface area (Å²) in [5.74, 6) is -6.02. The van der Waals surface area contributed by atoms with E-state index in [-0.39, 0.29) is 16.8 Å². The molecule has 0 radical (unpaired) electrons. The molecule has 3 amide bonds. The van der Waals surface area contributed by atoms with E-state index in [0.717, 1.165) is 11.0 Å². The van der Waals surface area contributed by atoms with Crippen molar-refractivity contribution in [3.05, 3.63) is 58.7 Å². The van der Waals surface area contributed by atoms with Gasteiger partial charge >= 0.3 is 6.03 Å². The van der Waals surface area contributed by atoms with Crippen LogP contribution >= 0.6 is 0 Å². The third-order valence-electron chi connectivity index (χ3n) is 4.87. The monoisotopic (exact) mass is 443 g/mol. The summed E-state index contributed by atoms with van der Waals surface area (Å²) >= 11 is 0. The first-order valence-electron chi connectivity index (χ1n) is 8.60. The smallest absolute Gasteiger partial charge is 0.322 e. The fourth-order valence-corrected chi connectivity index (χ4v) is 5.26. The van der Waals surface area contributed by atoms with Crippen LogP contribution in [0.4, 0.5) is 28.0 Å². The van der Waals surface area contributed by atoms with Crippen molar-refractivity contribution >= 4 is 27.5 Å². The number of rotatable bonds is 3. The second kappa shape index (κ2) is 6.97. The van der Waals surface area contributed by atoms with Crippen molar-refractivity contribution in [1.29, 1.82) is 0 Å². The highest BCUT2D eigenvalue weighted by Crippen LogP contribution is 2.36. The van der Waals surface area contributed by atoms with Crippen LogP contribution in [0.15, 0.2) is 29.2 Å². The number of benzene rings is 2. The van der Waals surface area contributed by atoms with Crippen molar-refractivity contribution in [1.82, 2.24) is 10.2 Å². The molecule has 0 aromatic heterocycles. The average Bonchev–Trinajstić information content (AvgIpc) is 2.89. The van der Waals surface area contributed by atoms with E-state index in [2.05, 4.69) is 10.6 Å². The Morgan fingerprint density at radius 3 is 2.63 bits per heavy atom. The van der Waals surface area contributed by atoms with E-state index in [1.54, 1.807) is 0 Å². The van der Waals surface area contributed by atoms with Crippen LogP contribution in [0.1, 0.15) is 17.2 Å². The number of hydrogen-bond donors (Lipinski definition) is 2. The summed E-state index contributed by atoms with van der Waals surface area (Å²) in [6.45, 7) is -1.03.